The van der Waals surface area contributed by atoms with Gasteiger partial charge in [-0.2, -0.15) is 5.10 Å². The summed E-state index contributed by atoms with van der Waals surface area (Å²) < 4.78 is 38.2. The third-order valence-electron chi connectivity index (χ3n) is 3.64. The molecule has 0 aliphatic heterocycles. The third-order valence-corrected chi connectivity index (χ3v) is 5.01. The second-order valence-corrected chi connectivity index (χ2v) is 7.13. The van der Waals surface area contributed by atoms with Gasteiger partial charge in [-0.1, -0.05) is 12.1 Å². The summed E-state index contributed by atoms with van der Waals surface area (Å²) in [4.78, 5) is 4.31. The Labute approximate surface area is 151 Å². The van der Waals surface area contributed by atoms with Gasteiger partial charge in [-0.15, -0.1) is 0 Å². The molecule has 0 unspecified atom stereocenters. The Morgan fingerprint density at radius 1 is 1.04 bits per heavy atom. The number of anilines is 1. The molecule has 3 rings (SSSR count). The lowest BCUT2D eigenvalue weighted by atomic mass is 10.2. The standard InChI is InChI=1S/C17H18N4O4S/c1-11-18-17(20-19-11)12-5-4-6-13(9-12)21-26(22,23)14-7-8-15(24-2)16(10-14)25-3/h4-10,21H,1-3H3,(H,18,19,20). The van der Waals surface area contributed by atoms with Crippen LogP contribution in [0.25, 0.3) is 11.4 Å². The van der Waals surface area contributed by atoms with Gasteiger partial charge in [-0.25, -0.2) is 13.4 Å². The van der Waals surface area contributed by atoms with Gasteiger partial charge in [0, 0.05) is 17.3 Å². The number of nitrogens with zero attached hydrogens (tertiary/aromatic N) is 2. The minimum Gasteiger partial charge on any atom is -0.493 e. The predicted molar refractivity (Wildman–Crippen MR) is 96.9 cm³/mol. The highest BCUT2D eigenvalue weighted by atomic mass is 32.2. The van der Waals surface area contributed by atoms with E-state index in [1.54, 1.807) is 37.3 Å². The molecule has 0 atom stereocenters. The fourth-order valence-electron chi connectivity index (χ4n) is 2.39. The molecular weight excluding hydrogens is 356 g/mol. The first kappa shape index (κ1) is 17.7. The number of benzene rings is 2. The molecule has 136 valence electrons. The van der Waals surface area contributed by atoms with E-state index in [1.165, 1.54) is 26.4 Å². The molecule has 9 heteroatoms. The summed E-state index contributed by atoms with van der Waals surface area (Å²) in [5.74, 6) is 1.96. The summed E-state index contributed by atoms with van der Waals surface area (Å²) in [6.07, 6.45) is 0. The molecule has 3 aromatic rings. The van der Waals surface area contributed by atoms with E-state index in [0.717, 1.165) is 0 Å². The lowest BCUT2D eigenvalue weighted by molar-refractivity contribution is 0.354. The maximum atomic E-state index is 12.7. The number of methoxy groups -OCH3 is 2. The van der Waals surface area contributed by atoms with Crippen molar-refractivity contribution < 1.29 is 17.9 Å². The van der Waals surface area contributed by atoms with Crippen LogP contribution in [0.4, 0.5) is 5.69 Å². The van der Waals surface area contributed by atoms with Crippen molar-refractivity contribution in [1.82, 2.24) is 15.2 Å². The van der Waals surface area contributed by atoms with Crippen LogP contribution >= 0.6 is 0 Å². The summed E-state index contributed by atoms with van der Waals surface area (Å²) in [5.41, 5.74) is 1.10. The fourth-order valence-corrected chi connectivity index (χ4v) is 3.46. The zero-order chi connectivity index (χ0) is 18.7. The predicted octanol–water partition coefficient (Wildman–Crippen LogP) is 2.60. The average molecular weight is 374 g/mol. The number of hydrogen-bond acceptors (Lipinski definition) is 6. The maximum Gasteiger partial charge on any atom is 0.262 e. The first-order valence-electron chi connectivity index (χ1n) is 7.67. The largest absolute Gasteiger partial charge is 0.493 e. The highest BCUT2D eigenvalue weighted by Crippen LogP contribution is 2.30. The van der Waals surface area contributed by atoms with Crippen LogP contribution in [-0.2, 0) is 10.0 Å². The minimum absolute atomic E-state index is 0.0642. The Kier molecular flexibility index (Phi) is 4.81. The molecule has 0 bridgehead atoms. The highest BCUT2D eigenvalue weighted by molar-refractivity contribution is 7.92. The van der Waals surface area contributed by atoms with Gasteiger partial charge in [0.25, 0.3) is 10.0 Å². The second kappa shape index (κ2) is 7.04. The lowest BCUT2D eigenvalue weighted by Gasteiger charge is -2.12. The van der Waals surface area contributed by atoms with Gasteiger partial charge in [-0.3, -0.25) is 9.82 Å². The van der Waals surface area contributed by atoms with E-state index < -0.39 is 10.0 Å². The smallest absolute Gasteiger partial charge is 0.262 e. The zero-order valence-electron chi connectivity index (χ0n) is 14.5. The zero-order valence-corrected chi connectivity index (χ0v) is 15.3. The Morgan fingerprint density at radius 3 is 2.46 bits per heavy atom. The number of H-pyrrole nitrogens is 1. The normalized spacial score (nSPS) is 11.2. The molecule has 0 spiro atoms. The molecular formula is C17H18N4O4S. The summed E-state index contributed by atoms with van der Waals surface area (Å²) in [6.45, 7) is 1.79. The summed E-state index contributed by atoms with van der Waals surface area (Å²) in [7, 11) is -0.864. The van der Waals surface area contributed by atoms with Gasteiger partial charge in [0.2, 0.25) is 0 Å². The van der Waals surface area contributed by atoms with E-state index >= 15 is 0 Å². The van der Waals surface area contributed by atoms with Crippen molar-refractivity contribution in [2.45, 2.75) is 11.8 Å². The highest BCUT2D eigenvalue weighted by Gasteiger charge is 2.17. The van der Waals surface area contributed by atoms with Crippen LogP contribution in [0.3, 0.4) is 0 Å². The van der Waals surface area contributed by atoms with E-state index in [0.29, 0.717) is 34.4 Å². The average Bonchev–Trinajstić information content (AvgIpc) is 3.07. The molecule has 2 N–H and O–H groups in total. The molecule has 0 saturated carbocycles. The van der Waals surface area contributed by atoms with Crippen molar-refractivity contribution >= 4 is 15.7 Å². The van der Waals surface area contributed by atoms with Gasteiger partial charge in [0.05, 0.1) is 19.1 Å². The van der Waals surface area contributed by atoms with Crippen LogP contribution in [0.5, 0.6) is 11.5 Å². The van der Waals surface area contributed by atoms with Gasteiger partial charge in [0.1, 0.15) is 5.82 Å². The van der Waals surface area contributed by atoms with E-state index in [-0.39, 0.29) is 4.90 Å². The summed E-state index contributed by atoms with van der Waals surface area (Å²) >= 11 is 0. The molecule has 0 saturated heterocycles. The molecule has 0 aliphatic carbocycles. The van der Waals surface area contributed by atoms with Crippen LogP contribution < -0.4 is 14.2 Å². The topological polar surface area (TPSA) is 106 Å². The van der Waals surface area contributed by atoms with Crippen LogP contribution in [0, 0.1) is 6.92 Å². The van der Waals surface area contributed by atoms with Crippen molar-refractivity contribution in [3.8, 4) is 22.9 Å². The molecule has 1 aromatic heterocycles. The van der Waals surface area contributed by atoms with E-state index in [1.807, 2.05) is 0 Å². The fraction of sp³-hybridized carbons (Fsp3) is 0.176. The van der Waals surface area contributed by atoms with Gasteiger partial charge in [-0.05, 0) is 31.2 Å². The van der Waals surface area contributed by atoms with E-state index in [2.05, 4.69) is 19.9 Å². The molecule has 2 aromatic carbocycles. The number of sulfonamides is 1. The first-order chi connectivity index (χ1) is 12.4. The molecule has 0 fully saturated rings. The molecule has 1 heterocycles. The van der Waals surface area contributed by atoms with Crippen molar-refractivity contribution in [2.75, 3.05) is 18.9 Å². The second-order valence-electron chi connectivity index (χ2n) is 5.45. The van der Waals surface area contributed by atoms with E-state index in [4.69, 9.17) is 9.47 Å². The number of aromatic amines is 1. The number of rotatable bonds is 6. The third kappa shape index (κ3) is 3.62. The molecule has 0 amide bonds. The van der Waals surface area contributed by atoms with Crippen molar-refractivity contribution in [2.24, 2.45) is 0 Å². The van der Waals surface area contributed by atoms with E-state index in [9.17, 15) is 8.42 Å². The monoisotopic (exact) mass is 374 g/mol. The number of hydrogen-bond donors (Lipinski definition) is 2. The SMILES string of the molecule is COc1ccc(S(=O)(=O)Nc2cccc(-c3n[nH]c(C)n3)c2)cc1OC. The summed E-state index contributed by atoms with van der Waals surface area (Å²) in [5, 5.41) is 6.84. The van der Waals surface area contributed by atoms with Crippen LogP contribution in [0.15, 0.2) is 47.4 Å². The molecule has 26 heavy (non-hydrogen) atoms. The van der Waals surface area contributed by atoms with Crippen molar-refractivity contribution in [3.05, 3.63) is 48.3 Å². The molecule has 0 radical (unpaired) electrons. The van der Waals surface area contributed by atoms with Gasteiger partial charge in [0.15, 0.2) is 17.3 Å². The maximum absolute atomic E-state index is 12.7. The molecule has 8 nitrogen and oxygen atoms in total. The lowest BCUT2D eigenvalue weighted by Crippen LogP contribution is -2.13. The number of aryl methyl sites for hydroxylation is 1. The van der Waals surface area contributed by atoms with Crippen LogP contribution in [0.1, 0.15) is 5.82 Å². The Bertz CT molecular complexity index is 1030. The number of ether oxygens (including phenoxy) is 2. The van der Waals surface area contributed by atoms with Gasteiger partial charge < -0.3 is 9.47 Å². The minimum atomic E-state index is -3.80. The quantitative estimate of drug-likeness (QED) is 0.687. The number of nitrogens with one attached hydrogen (secondary N) is 2. The Hall–Kier alpha value is -3.07. The van der Waals surface area contributed by atoms with Gasteiger partial charge >= 0.3 is 0 Å². The van der Waals surface area contributed by atoms with Crippen molar-refractivity contribution in [3.63, 3.8) is 0 Å². The van der Waals surface area contributed by atoms with Crippen LogP contribution in [-0.4, -0.2) is 37.8 Å². The number of aromatic nitrogens is 3. The Balaban J connectivity index is 1.90. The van der Waals surface area contributed by atoms with Crippen LogP contribution in [0.2, 0.25) is 0 Å². The Morgan fingerprint density at radius 2 is 1.81 bits per heavy atom. The summed E-state index contributed by atoms with van der Waals surface area (Å²) in [6, 6.07) is 11.3. The first-order valence-corrected chi connectivity index (χ1v) is 9.15. The molecule has 0 aliphatic rings. The van der Waals surface area contributed by atoms with Crippen molar-refractivity contribution in [1.29, 1.82) is 0 Å².